The Morgan fingerprint density at radius 2 is 1.80 bits per heavy atom. The molecule has 1 N–H and O–H groups in total. The lowest BCUT2D eigenvalue weighted by Crippen LogP contribution is -2.45. The predicted molar refractivity (Wildman–Crippen MR) is 99.8 cm³/mol. The molecule has 1 saturated heterocycles. The zero-order valence-corrected chi connectivity index (χ0v) is 14.4. The maximum atomic E-state index is 12.2. The number of nitrogens with one attached hydrogen (secondary N) is 1. The van der Waals surface area contributed by atoms with E-state index >= 15 is 0 Å². The molecule has 0 atom stereocenters. The van der Waals surface area contributed by atoms with Crippen molar-refractivity contribution >= 4 is 23.7 Å². The molecule has 0 radical (unpaired) electrons. The molecule has 0 aromatic heterocycles. The molecule has 2 aromatic carbocycles. The highest BCUT2D eigenvalue weighted by molar-refractivity contribution is 5.92. The molecule has 0 aliphatic carbocycles. The fraction of sp³-hybridized carbons (Fsp3) is 0.300. The topological polar surface area (TPSA) is 52.7 Å². The van der Waals surface area contributed by atoms with E-state index in [1.54, 1.807) is 4.90 Å². The quantitative estimate of drug-likeness (QED) is 0.853. The monoisotopic (exact) mass is 337 g/mol. The van der Waals surface area contributed by atoms with Crippen molar-refractivity contribution in [1.29, 1.82) is 0 Å². The lowest BCUT2D eigenvalue weighted by atomic mass is 10.1. The SMILES string of the molecule is Cc1cccc(CC(=O)Nc2ccc(N3CCN(C=O)CC3)cc2)c1. The van der Waals surface area contributed by atoms with Gasteiger partial charge in [-0.3, -0.25) is 9.59 Å². The molecule has 0 unspecified atom stereocenters. The number of amides is 2. The molecule has 25 heavy (non-hydrogen) atoms. The number of hydrogen-bond donors (Lipinski definition) is 1. The van der Waals surface area contributed by atoms with Gasteiger partial charge >= 0.3 is 0 Å². The minimum Gasteiger partial charge on any atom is -0.368 e. The summed E-state index contributed by atoms with van der Waals surface area (Å²) in [4.78, 5) is 27.0. The van der Waals surface area contributed by atoms with Crippen LogP contribution in [0.5, 0.6) is 0 Å². The van der Waals surface area contributed by atoms with Crippen molar-refractivity contribution in [2.75, 3.05) is 36.4 Å². The molecule has 5 heteroatoms. The number of carbonyl (C=O) groups is 2. The Kier molecular flexibility index (Phi) is 5.33. The minimum atomic E-state index is -0.0158. The van der Waals surface area contributed by atoms with E-state index in [-0.39, 0.29) is 5.91 Å². The maximum absolute atomic E-state index is 12.2. The predicted octanol–water partition coefficient (Wildman–Crippen LogP) is 2.45. The van der Waals surface area contributed by atoms with E-state index in [4.69, 9.17) is 0 Å². The summed E-state index contributed by atoms with van der Waals surface area (Å²) in [5, 5.41) is 2.94. The zero-order chi connectivity index (χ0) is 17.6. The van der Waals surface area contributed by atoms with Gasteiger partial charge in [-0.2, -0.15) is 0 Å². The normalized spacial score (nSPS) is 14.3. The van der Waals surface area contributed by atoms with E-state index < -0.39 is 0 Å². The fourth-order valence-electron chi connectivity index (χ4n) is 3.05. The Morgan fingerprint density at radius 1 is 1.08 bits per heavy atom. The van der Waals surface area contributed by atoms with Gasteiger partial charge in [0, 0.05) is 37.6 Å². The molecule has 5 nitrogen and oxygen atoms in total. The third-order valence-corrected chi connectivity index (χ3v) is 4.43. The van der Waals surface area contributed by atoms with Crippen molar-refractivity contribution in [2.45, 2.75) is 13.3 Å². The molecule has 1 aliphatic heterocycles. The summed E-state index contributed by atoms with van der Waals surface area (Å²) < 4.78 is 0. The minimum absolute atomic E-state index is 0.0158. The summed E-state index contributed by atoms with van der Waals surface area (Å²) in [5.41, 5.74) is 4.08. The molecule has 2 amide bonds. The summed E-state index contributed by atoms with van der Waals surface area (Å²) in [6.07, 6.45) is 1.28. The Labute approximate surface area is 148 Å². The van der Waals surface area contributed by atoms with Crippen molar-refractivity contribution in [1.82, 2.24) is 4.90 Å². The summed E-state index contributed by atoms with van der Waals surface area (Å²) >= 11 is 0. The highest BCUT2D eigenvalue weighted by Gasteiger charge is 2.15. The number of carbonyl (C=O) groups excluding carboxylic acids is 2. The molecule has 3 rings (SSSR count). The molecule has 0 spiro atoms. The van der Waals surface area contributed by atoms with Gasteiger partial charge in [0.15, 0.2) is 0 Å². The van der Waals surface area contributed by atoms with E-state index in [0.29, 0.717) is 6.42 Å². The Morgan fingerprint density at radius 3 is 2.44 bits per heavy atom. The lowest BCUT2D eigenvalue weighted by Gasteiger charge is -2.34. The number of rotatable bonds is 5. The average Bonchev–Trinajstić information content (AvgIpc) is 2.62. The molecular formula is C20H23N3O2. The van der Waals surface area contributed by atoms with Crippen LogP contribution in [0, 0.1) is 6.92 Å². The van der Waals surface area contributed by atoms with E-state index in [0.717, 1.165) is 55.1 Å². The number of piperazine rings is 1. The molecule has 130 valence electrons. The molecule has 2 aromatic rings. The zero-order valence-electron chi connectivity index (χ0n) is 14.4. The number of aryl methyl sites for hydroxylation is 1. The third kappa shape index (κ3) is 4.59. The van der Waals surface area contributed by atoms with Crippen LogP contribution in [0.4, 0.5) is 11.4 Å². The molecule has 0 bridgehead atoms. The van der Waals surface area contributed by atoms with Crippen molar-refractivity contribution in [3.63, 3.8) is 0 Å². The van der Waals surface area contributed by atoms with Crippen LogP contribution in [0.15, 0.2) is 48.5 Å². The smallest absolute Gasteiger partial charge is 0.228 e. The molecule has 1 aliphatic rings. The van der Waals surface area contributed by atoms with Gasteiger partial charge in [-0.05, 0) is 36.8 Å². The van der Waals surface area contributed by atoms with Crippen LogP contribution >= 0.6 is 0 Å². The second-order valence-corrected chi connectivity index (χ2v) is 6.39. The Bertz CT molecular complexity index is 735. The van der Waals surface area contributed by atoms with E-state index in [1.165, 1.54) is 0 Å². The van der Waals surface area contributed by atoms with Gasteiger partial charge in [-0.15, -0.1) is 0 Å². The second-order valence-electron chi connectivity index (χ2n) is 6.39. The van der Waals surface area contributed by atoms with E-state index in [9.17, 15) is 9.59 Å². The van der Waals surface area contributed by atoms with Crippen LogP contribution in [0.25, 0.3) is 0 Å². The third-order valence-electron chi connectivity index (χ3n) is 4.43. The highest BCUT2D eigenvalue weighted by atomic mass is 16.1. The Balaban J connectivity index is 1.55. The number of hydrogen-bond acceptors (Lipinski definition) is 3. The second kappa shape index (κ2) is 7.83. The van der Waals surface area contributed by atoms with Crippen molar-refractivity contribution < 1.29 is 9.59 Å². The van der Waals surface area contributed by atoms with Crippen molar-refractivity contribution in [2.24, 2.45) is 0 Å². The first-order valence-electron chi connectivity index (χ1n) is 8.54. The van der Waals surface area contributed by atoms with Crippen molar-refractivity contribution in [3.8, 4) is 0 Å². The maximum Gasteiger partial charge on any atom is 0.228 e. The molecule has 1 heterocycles. The first-order chi connectivity index (χ1) is 12.1. The molecule has 1 fully saturated rings. The van der Waals surface area contributed by atoms with Crippen LogP contribution in [-0.4, -0.2) is 43.4 Å². The van der Waals surface area contributed by atoms with E-state index in [1.807, 2.05) is 55.5 Å². The van der Waals surface area contributed by atoms with Gasteiger partial charge in [0.05, 0.1) is 6.42 Å². The van der Waals surface area contributed by atoms with Gasteiger partial charge in [0.1, 0.15) is 0 Å². The van der Waals surface area contributed by atoms with Gasteiger partial charge in [-0.25, -0.2) is 0 Å². The standard InChI is InChI=1S/C20H23N3O2/c1-16-3-2-4-17(13-16)14-20(25)21-18-5-7-19(8-6-18)23-11-9-22(15-24)10-12-23/h2-8,13,15H,9-12,14H2,1H3,(H,21,25). The molecular weight excluding hydrogens is 314 g/mol. The summed E-state index contributed by atoms with van der Waals surface area (Å²) in [5.74, 6) is -0.0158. The summed E-state index contributed by atoms with van der Waals surface area (Å²) in [7, 11) is 0. The van der Waals surface area contributed by atoms with Gasteiger partial charge in [-0.1, -0.05) is 29.8 Å². The average molecular weight is 337 g/mol. The first-order valence-corrected chi connectivity index (χ1v) is 8.54. The van der Waals surface area contributed by atoms with Crippen LogP contribution in [0.3, 0.4) is 0 Å². The van der Waals surface area contributed by atoms with Crippen LogP contribution in [-0.2, 0) is 16.0 Å². The highest BCUT2D eigenvalue weighted by Crippen LogP contribution is 2.19. The molecule has 0 saturated carbocycles. The first kappa shape index (κ1) is 17.0. The number of anilines is 2. The van der Waals surface area contributed by atoms with Gasteiger partial charge in [0.25, 0.3) is 0 Å². The van der Waals surface area contributed by atoms with Crippen LogP contribution in [0.1, 0.15) is 11.1 Å². The fourth-order valence-corrected chi connectivity index (χ4v) is 3.05. The van der Waals surface area contributed by atoms with Gasteiger partial charge < -0.3 is 15.1 Å². The van der Waals surface area contributed by atoms with E-state index in [2.05, 4.69) is 10.2 Å². The number of benzene rings is 2. The Hall–Kier alpha value is -2.82. The summed E-state index contributed by atoms with van der Waals surface area (Å²) in [6, 6.07) is 15.9. The number of nitrogens with zero attached hydrogens (tertiary/aromatic N) is 2. The lowest BCUT2D eigenvalue weighted by molar-refractivity contribution is -0.118. The van der Waals surface area contributed by atoms with Gasteiger partial charge in [0.2, 0.25) is 12.3 Å². The van der Waals surface area contributed by atoms with Crippen molar-refractivity contribution in [3.05, 3.63) is 59.7 Å². The van der Waals surface area contributed by atoms with Crippen LogP contribution < -0.4 is 10.2 Å². The largest absolute Gasteiger partial charge is 0.368 e. The van der Waals surface area contributed by atoms with Crippen LogP contribution in [0.2, 0.25) is 0 Å². The summed E-state index contributed by atoms with van der Waals surface area (Å²) in [6.45, 7) is 5.18.